The molecule has 6 rings (SSSR count). The number of hydrogen-bond acceptors (Lipinski definition) is 8. The zero-order chi connectivity index (χ0) is 33.1. The van der Waals surface area contributed by atoms with Crippen LogP contribution in [0.15, 0.2) is 132 Å². The molecular formula is C39H34N4O4S. The average Bonchev–Trinajstić information content (AvgIpc) is 3.60. The van der Waals surface area contributed by atoms with Crippen molar-refractivity contribution in [3.63, 3.8) is 0 Å². The highest BCUT2D eigenvalue weighted by Crippen LogP contribution is 2.30. The number of thiazole rings is 1. The standard InChI is InChI=1S/C39H34N4O4S/c1-27-12-19-33(20-13-27)41-39-42-34(26-48-39)30-15-17-31(18-16-30)38(44)43-40-23-32-10-6-7-11-35(32)46-25-29-14-21-36(37(22-29)45-2)47-24-28-8-4-3-5-9-28/h3-23,26H,24-25H2,1-2H3,(H,41,42)(H,43,44)/b40-23+. The zero-order valence-electron chi connectivity index (χ0n) is 26.6. The lowest BCUT2D eigenvalue weighted by Gasteiger charge is -2.13. The van der Waals surface area contributed by atoms with Crippen molar-refractivity contribution >= 4 is 34.3 Å². The summed E-state index contributed by atoms with van der Waals surface area (Å²) in [5.41, 5.74) is 9.75. The van der Waals surface area contributed by atoms with E-state index in [1.165, 1.54) is 16.9 Å². The molecule has 0 aliphatic heterocycles. The van der Waals surface area contributed by atoms with Crippen LogP contribution in [0, 0.1) is 6.92 Å². The van der Waals surface area contributed by atoms with Crippen LogP contribution >= 0.6 is 11.3 Å². The number of aromatic nitrogens is 1. The predicted octanol–water partition coefficient (Wildman–Crippen LogP) is 8.79. The van der Waals surface area contributed by atoms with Gasteiger partial charge in [-0.05, 0) is 66.6 Å². The van der Waals surface area contributed by atoms with Crippen LogP contribution in [-0.4, -0.2) is 24.2 Å². The minimum atomic E-state index is -0.321. The summed E-state index contributed by atoms with van der Waals surface area (Å²) in [5, 5.41) is 10.3. The second kappa shape index (κ2) is 15.6. The summed E-state index contributed by atoms with van der Waals surface area (Å²) < 4.78 is 17.7. The number of hydrogen-bond donors (Lipinski definition) is 2. The monoisotopic (exact) mass is 654 g/mol. The zero-order valence-corrected chi connectivity index (χ0v) is 27.4. The Morgan fingerprint density at radius 3 is 2.31 bits per heavy atom. The molecule has 0 atom stereocenters. The number of anilines is 2. The van der Waals surface area contributed by atoms with Crippen molar-refractivity contribution in [1.29, 1.82) is 0 Å². The molecule has 1 heterocycles. The Labute approximate surface area is 283 Å². The van der Waals surface area contributed by atoms with E-state index in [1.807, 2.05) is 102 Å². The van der Waals surface area contributed by atoms with Crippen LogP contribution in [0.1, 0.15) is 32.6 Å². The molecule has 6 aromatic rings. The summed E-state index contributed by atoms with van der Waals surface area (Å²) in [5.74, 6) is 1.59. The van der Waals surface area contributed by atoms with Crippen molar-refractivity contribution in [2.24, 2.45) is 5.10 Å². The number of nitrogens with one attached hydrogen (secondary N) is 2. The first-order valence-corrected chi connectivity index (χ1v) is 16.2. The maximum absolute atomic E-state index is 12.8. The molecule has 0 fully saturated rings. The third kappa shape index (κ3) is 8.45. The van der Waals surface area contributed by atoms with Crippen molar-refractivity contribution < 1.29 is 19.0 Å². The van der Waals surface area contributed by atoms with Crippen LogP contribution in [0.4, 0.5) is 10.8 Å². The number of aryl methyl sites for hydroxylation is 1. The van der Waals surface area contributed by atoms with E-state index in [0.29, 0.717) is 36.0 Å². The van der Waals surface area contributed by atoms with E-state index in [1.54, 1.807) is 25.5 Å². The number of carbonyl (C=O) groups is 1. The second-order valence-corrected chi connectivity index (χ2v) is 11.7. The molecule has 2 N–H and O–H groups in total. The molecular weight excluding hydrogens is 621 g/mol. The van der Waals surface area contributed by atoms with Crippen molar-refractivity contribution in [2.45, 2.75) is 20.1 Å². The largest absolute Gasteiger partial charge is 0.493 e. The molecule has 48 heavy (non-hydrogen) atoms. The molecule has 0 saturated carbocycles. The molecule has 0 bridgehead atoms. The Hall–Kier alpha value is -5.93. The number of amides is 1. The van der Waals surface area contributed by atoms with Crippen LogP contribution in [0.3, 0.4) is 0 Å². The van der Waals surface area contributed by atoms with Gasteiger partial charge in [0.05, 0.1) is 19.0 Å². The van der Waals surface area contributed by atoms with Crippen LogP contribution < -0.4 is 25.0 Å². The summed E-state index contributed by atoms with van der Waals surface area (Å²) in [6, 6.07) is 38.6. The summed E-state index contributed by atoms with van der Waals surface area (Å²) in [6.07, 6.45) is 1.57. The van der Waals surface area contributed by atoms with E-state index in [9.17, 15) is 4.79 Å². The first kappa shape index (κ1) is 32.0. The van der Waals surface area contributed by atoms with Gasteiger partial charge in [-0.15, -0.1) is 11.3 Å². The highest BCUT2D eigenvalue weighted by molar-refractivity contribution is 7.14. The van der Waals surface area contributed by atoms with Gasteiger partial charge in [0.15, 0.2) is 16.6 Å². The van der Waals surface area contributed by atoms with Crippen LogP contribution in [0.2, 0.25) is 0 Å². The number of nitrogens with zero attached hydrogens (tertiary/aromatic N) is 2. The average molecular weight is 655 g/mol. The number of rotatable bonds is 13. The van der Waals surface area contributed by atoms with E-state index < -0.39 is 0 Å². The first-order valence-electron chi connectivity index (χ1n) is 15.3. The van der Waals surface area contributed by atoms with Gasteiger partial charge in [-0.2, -0.15) is 5.10 Å². The molecule has 0 radical (unpaired) electrons. The van der Waals surface area contributed by atoms with E-state index >= 15 is 0 Å². The minimum Gasteiger partial charge on any atom is -0.493 e. The summed E-state index contributed by atoms with van der Waals surface area (Å²) in [6.45, 7) is 2.81. The fourth-order valence-electron chi connectivity index (χ4n) is 4.78. The Morgan fingerprint density at radius 2 is 1.52 bits per heavy atom. The predicted molar refractivity (Wildman–Crippen MR) is 192 cm³/mol. The number of para-hydroxylation sites is 1. The summed E-state index contributed by atoms with van der Waals surface area (Å²) >= 11 is 1.53. The quantitative estimate of drug-likeness (QED) is 0.0955. The van der Waals surface area contributed by atoms with Gasteiger partial charge in [-0.25, -0.2) is 10.4 Å². The molecule has 0 aliphatic rings. The molecule has 0 saturated heterocycles. The van der Waals surface area contributed by atoms with Gasteiger partial charge >= 0.3 is 0 Å². The lowest BCUT2D eigenvalue weighted by Crippen LogP contribution is -2.17. The van der Waals surface area contributed by atoms with Crippen LogP contribution in [-0.2, 0) is 13.2 Å². The smallest absolute Gasteiger partial charge is 0.271 e. The Bertz CT molecular complexity index is 1990. The van der Waals surface area contributed by atoms with E-state index in [2.05, 4.69) is 39.9 Å². The molecule has 5 aromatic carbocycles. The minimum absolute atomic E-state index is 0.307. The molecule has 240 valence electrons. The number of benzene rings is 5. The fourth-order valence-corrected chi connectivity index (χ4v) is 5.52. The Morgan fingerprint density at radius 1 is 0.792 bits per heavy atom. The van der Waals surface area contributed by atoms with Gasteiger partial charge in [-0.1, -0.05) is 78.4 Å². The highest BCUT2D eigenvalue weighted by Gasteiger charge is 2.10. The fraction of sp³-hybridized carbons (Fsp3) is 0.103. The van der Waals surface area contributed by atoms with Gasteiger partial charge in [0.1, 0.15) is 19.0 Å². The number of hydrazone groups is 1. The molecule has 0 aliphatic carbocycles. The maximum atomic E-state index is 12.8. The van der Waals surface area contributed by atoms with Gasteiger partial charge in [-0.3, -0.25) is 4.79 Å². The summed E-state index contributed by atoms with van der Waals surface area (Å²) in [4.78, 5) is 17.5. The van der Waals surface area contributed by atoms with Crippen molar-refractivity contribution in [1.82, 2.24) is 10.4 Å². The third-order valence-corrected chi connectivity index (χ3v) is 8.16. The van der Waals surface area contributed by atoms with Crippen LogP contribution in [0.25, 0.3) is 11.3 Å². The van der Waals surface area contributed by atoms with Gasteiger partial charge < -0.3 is 19.5 Å². The molecule has 8 nitrogen and oxygen atoms in total. The molecule has 1 amide bonds. The lowest BCUT2D eigenvalue weighted by atomic mass is 10.1. The van der Waals surface area contributed by atoms with Crippen molar-refractivity contribution in [3.8, 4) is 28.5 Å². The maximum Gasteiger partial charge on any atom is 0.271 e. The topological polar surface area (TPSA) is 94.1 Å². The molecule has 0 unspecified atom stereocenters. The Kier molecular flexibility index (Phi) is 10.4. The van der Waals surface area contributed by atoms with E-state index in [-0.39, 0.29) is 5.91 Å². The second-order valence-electron chi connectivity index (χ2n) is 10.9. The van der Waals surface area contributed by atoms with Crippen LogP contribution in [0.5, 0.6) is 17.2 Å². The van der Waals surface area contributed by atoms with Gasteiger partial charge in [0.2, 0.25) is 0 Å². The molecule has 9 heteroatoms. The third-order valence-electron chi connectivity index (χ3n) is 7.40. The van der Waals surface area contributed by atoms with E-state index in [0.717, 1.165) is 38.8 Å². The Balaban J connectivity index is 1.02. The van der Waals surface area contributed by atoms with Crippen molar-refractivity contribution in [3.05, 3.63) is 155 Å². The SMILES string of the molecule is COc1cc(COc2ccccc2/C=N/NC(=O)c2ccc(-c3csc(Nc4ccc(C)cc4)n3)cc2)ccc1OCc1ccccc1. The van der Waals surface area contributed by atoms with E-state index in [4.69, 9.17) is 14.2 Å². The number of ether oxygens (including phenoxy) is 3. The molecule has 1 aromatic heterocycles. The van der Waals surface area contributed by atoms with Crippen molar-refractivity contribution in [2.75, 3.05) is 12.4 Å². The molecule has 0 spiro atoms. The first-order chi connectivity index (χ1) is 23.5. The highest BCUT2D eigenvalue weighted by atomic mass is 32.1. The number of carbonyl (C=O) groups excluding carboxylic acids is 1. The van der Waals surface area contributed by atoms with Gasteiger partial charge in [0.25, 0.3) is 5.91 Å². The van der Waals surface area contributed by atoms with Gasteiger partial charge in [0, 0.05) is 27.8 Å². The normalized spacial score (nSPS) is 10.9. The number of methoxy groups -OCH3 is 1. The summed E-state index contributed by atoms with van der Waals surface area (Å²) in [7, 11) is 1.62. The lowest BCUT2D eigenvalue weighted by molar-refractivity contribution is 0.0955.